The fourth-order valence-electron chi connectivity index (χ4n) is 18.4. The first-order valence-electron chi connectivity index (χ1n) is 37.9. The Morgan fingerprint density at radius 1 is 0.220 bits per heavy atom. The first-order valence-corrected chi connectivity index (χ1v) is 37.9. The summed E-state index contributed by atoms with van der Waals surface area (Å²) in [6, 6.07) is 138. The summed E-state index contributed by atoms with van der Waals surface area (Å²) in [7, 11) is 0. The Hall–Kier alpha value is -14.1. The van der Waals surface area contributed by atoms with Gasteiger partial charge in [-0.25, -0.2) is 0 Å². The highest BCUT2D eigenvalue weighted by molar-refractivity contribution is 6.17. The molecule has 0 N–H and O–H groups in total. The van der Waals surface area contributed by atoms with Gasteiger partial charge in [-0.15, -0.1) is 0 Å². The van der Waals surface area contributed by atoms with Gasteiger partial charge in [-0.2, -0.15) is 0 Å². The zero-order valence-electron chi connectivity index (χ0n) is 60.2. The first-order chi connectivity index (χ1) is 53.8. The van der Waals surface area contributed by atoms with Gasteiger partial charge < -0.3 is 18.6 Å². The summed E-state index contributed by atoms with van der Waals surface area (Å²) in [5.74, 6) is 0. The molecule has 23 rings (SSSR count). The molecule has 3 aromatic heterocycles. The number of nitrogens with zero attached hydrogens (tertiary/aromatic N) is 4. The summed E-state index contributed by atoms with van der Waals surface area (Å²) >= 11 is 0. The van der Waals surface area contributed by atoms with E-state index in [2.05, 4.69) is 421 Å². The Kier molecular flexibility index (Phi) is 14.0. The molecule has 17 aromatic carbocycles. The van der Waals surface area contributed by atoms with E-state index in [0.717, 1.165) is 28.4 Å². The molecule has 0 bridgehead atoms. The fourth-order valence-corrected chi connectivity index (χ4v) is 18.4. The van der Waals surface area contributed by atoms with Crippen molar-refractivity contribution in [3.05, 3.63) is 400 Å². The highest BCUT2D eigenvalue weighted by Crippen LogP contribution is 2.54. The molecule has 0 spiro atoms. The summed E-state index contributed by atoms with van der Waals surface area (Å²) in [5.41, 5.74) is 37.3. The van der Waals surface area contributed by atoms with Crippen molar-refractivity contribution in [3.63, 3.8) is 0 Å². The lowest BCUT2D eigenvalue weighted by molar-refractivity contribution is 0.660. The zero-order chi connectivity index (χ0) is 72.0. The highest BCUT2D eigenvalue weighted by Gasteiger charge is 2.36. The van der Waals surface area contributed by atoms with Gasteiger partial charge in [0, 0.05) is 84.6 Å². The maximum absolute atomic E-state index is 2.40. The average molecular weight is 1390 g/mol. The van der Waals surface area contributed by atoms with E-state index in [0.29, 0.717) is 0 Å². The molecule has 0 aliphatic heterocycles. The molecule has 3 aliphatic carbocycles. The van der Waals surface area contributed by atoms with Gasteiger partial charge in [-0.3, -0.25) is 0 Å². The molecule has 4 heteroatoms. The number of anilines is 3. The Labute approximate surface area is 632 Å². The third-order valence-electron chi connectivity index (χ3n) is 23.7. The zero-order valence-corrected chi connectivity index (χ0v) is 60.2. The molecule has 20 aromatic rings. The van der Waals surface area contributed by atoms with Crippen LogP contribution in [0.2, 0.25) is 0 Å². The summed E-state index contributed by atoms with van der Waals surface area (Å²) in [5, 5.41) is 10.2. The van der Waals surface area contributed by atoms with Crippen molar-refractivity contribution in [1.82, 2.24) is 13.7 Å². The standard InChI is InChI=1S/C57H40N2.C48H30N2/c1-57(2)53-21-11-10-19-47(53)48-32-31-44(35-54(48)57)59(42-15-4-3-5-16-42)43-29-25-38(26-30-43)37-23-27-41(28-24-37)58-36-52-51-34-40-14-7-6-13-39(40)33-50(51)46-18-9-8-17-45(46)49-20-12-22-55(58)56(49)52;1-2-11-34-29-43-42(28-33(34)10-1)38-13-4-3-12-37(38)41-16-9-19-47-48(41)44(43)30-49(47)35-24-20-31(21-25-35)32-22-26-36(27-23-32)50-45-17-7-5-14-39(45)40-15-6-8-18-46(40)50/h3-36H,1-2H3;1-30H. The second-order valence-electron chi connectivity index (χ2n) is 29.9. The molecule has 0 fully saturated rings. The first kappa shape index (κ1) is 62.3. The van der Waals surface area contributed by atoms with Crippen LogP contribution in [0.15, 0.2) is 389 Å². The lowest BCUT2D eigenvalue weighted by Gasteiger charge is -2.28. The molecule has 0 saturated carbocycles. The Bertz CT molecular complexity index is 7030. The summed E-state index contributed by atoms with van der Waals surface area (Å²) in [6.45, 7) is 4.70. The molecule has 0 unspecified atom stereocenters. The third kappa shape index (κ3) is 9.85. The average Bonchev–Trinajstić information content (AvgIpc) is 1.62. The fraction of sp³-hybridized carbons (Fsp3) is 0.0286. The summed E-state index contributed by atoms with van der Waals surface area (Å²) in [4.78, 5) is 2.38. The SMILES string of the molecule is CC1(C)c2ccccc2-c2ccc(N(c3ccccc3)c3ccc(-c4ccc(-n5cc6c7c(cccc75)-c5ccccc5-c5cc7ccccc7cc5-6)cc4)cc3)cc21.c1ccc2c(c1)-c1cc3ccccc3cc1-c1cn(-c3ccc(-c4ccc(-n5c6ccccc6c6ccccc65)cc4)cc3)c3cccc-2c13. The molecule has 0 radical (unpaired) electrons. The molecule has 0 atom stereocenters. The van der Waals surface area contributed by atoms with E-state index in [1.807, 2.05) is 0 Å². The molecular formula is C105H70N4. The van der Waals surface area contributed by atoms with E-state index in [4.69, 9.17) is 0 Å². The molecule has 3 heterocycles. The van der Waals surface area contributed by atoms with Crippen molar-refractivity contribution in [2.45, 2.75) is 19.3 Å². The smallest absolute Gasteiger partial charge is 0.0541 e. The molecular weight excluding hydrogens is 1320 g/mol. The van der Waals surface area contributed by atoms with E-state index in [1.54, 1.807) is 0 Å². The molecule has 0 amide bonds. The van der Waals surface area contributed by atoms with Crippen LogP contribution in [-0.4, -0.2) is 13.7 Å². The van der Waals surface area contributed by atoms with Crippen LogP contribution in [0.25, 0.3) is 182 Å². The van der Waals surface area contributed by atoms with E-state index in [-0.39, 0.29) is 5.41 Å². The lowest BCUT2D eigenvalue weighted by Crippen LogP contribution is -2.16. The van der Waals surface area contributed by atoms with Gasteiger partial charge in [-0.05, 0) is 243 Å². The minimum atomic E-state index is -0.0720. The van der Waals surface area contributed by atoms with Crippen LogP contribution in [0, 0.1) is 0 Å². The number of hydrogen-bond donors (Lipinski definition) is 0. The highest BCUT2D eigenvalue weighted by atomic mass is 15.1. The van der Waals surface area contributed by atoms with Gasteiger partial charge >= 0.3 is 0 Å². The minimum absolute atomic E-state index is 0.0720. The van der Waals surface area contributed by atoms with Crippen molar-refractivity contribution in [2.75, 3.05) is 4.90 Å². The number of hydrogen-bond acceptors (Lipinski definition) is 1. The predicted octanol–water partition coefficient (Wildman–Crippen LogP) is 28.4. The number of aromatic nitrogens is 3. The van der Waals surface area contributed by atoms with Crippen LogP contribution in [0.4, 0.5) is 17.1 Å². The van der Waals surface area contributed by atoms with Crippen LogP contribution < -0.4 is 4.90 Å². The van der Waals surface area contributed by atoms with Crippen LogP contribution >= 0.6 is 0 Å². The monoisotopic (exact) mass is 1390 g/mol. The Morgan fingerprint density at radius 3 is 1.04 bits per heavy atom. The minimum Gasteiger partial charge on any atom is -0.316 e. The van der Waals surface area contributed by atoms with Crippen LogP contribution in [0.5, 0.6) is 0 Å². The molecule has 109 heavy (non-hydrogen) atoms. The number of rotatable bonds is 8. The van der Waals surface area contributed by atoms with Gasteiger partial charge in [-0.1, -0.05) is 269 Å². The van der Waals surface area contributed by atoms with Gasteiger partial charge in [0.1, 0.15) is 0 Å². The van der Waals surface area contributed by atoms with Crippen molar-refractivity contribution in [1.29, 1.82) is 0 Å². The summed E-state index contributed by atoms with van der Waals surface area (Å²) < 4.78 is 7.12. The predicted molar refractivity (Wildman–Crippen MR) is 459 cm³/mol. The quantitative estimate of drug-likeness (QED) is 0.148. The topological polar surface area (TPSA) is 18.0 Å². The molecule has 4 nitrogen and oxygen atoms in total. The van der Waals surface area contributed by atoms with E-state index in [1.165, 1.54) is 182 Å². The maximum atomic E-state index is 2.40. The van der Waals surface area contributed by atoms with Crippen LogP contribution in [0.1, 0.15) is 25.0 Å². The largest absolute Gasteiger partial charge is 0.316 e. The van der Waals surface area contributed by atoms with Crippen molar-refractivity contribution >= 4 is 82.2 Å². The Morgan fingerprint density at radius 2 is 0.560 bits per heavy atom. The van der Waals surface area contributed by atoms with Crippen molar-refractivity contribution < 1.29 is 0 Å². The normalized spacial score (nSPS) is 12.6. The van der Waals surface area contributed by atoms with Gasteiger partial charge in [0.05, 0.1) is 22.1 Å². The van der Waals surface area contributed by atoms with Gasteiger partial charge in [0.2, 0.25) is 0 Å². The number of fused-ring (bicyclic) bond motifs is 18. The molecule has 510 valence electrons. The van der Waals surface area contributed by atoms with Gasteiger partial charge in [0.25, 0.3) is 0 Å². The number of benzene rings is 17. The van der Waals surface area contributed by atoms with Crippen LogP contribution in [0.3, 0.4) is 0 Å². The van der Waals surface area contributed by atoms with Gasteiger partial charge in [0.15, 0.2) is 0 Å². The second-order valence-corrected chi connectivity index (χ2v) is 29.9. The third-order valence-corrected chi connectivity index (χ3v) is 23.7. The van der Waals surface area contributed by atoms with E-state index < -0.39 is 0 Å². The molecule has 0 saturated heterocycles. The van der Waals surface area contributed by atoms with E-state index >= 15 is 0 Å². The van der Waals surface area contributed by atoms with Crippen LogP contribution in [-0.2, 0) is 5.41 Å². The Balaban J connectivity index is 0.000000137. The number of para-hydroxylation sites is 3. The maximum Gasteiger partial charge on any atom is 0.0541 e. The van der Waals surface area contributed by atoms with Crippen molar-refractivity contribution in [3.8, 4) is 117 Å². The summed E-state index contributed by atoms with van der Waals surface area (Å²) in [6.07, 6.45) is 4.71. The van der Waals surface area contributed by atoms with E-state index in [9.17, 15) is 0 Å². The molecule has 3 aliphatic rings. The van der Waals surface area contributed by atoms with Crippen molar-refractivity contribution in [2.24, 2.45) is 0 Å². The second kappa shape index (κ2) is 24.5. The lowest BCUT2D eigenvalue weighted by atomic mass is 9.82.